The van der Waals surface area contributed by atoms with Crippen LogP contribution in [0.25, 0.3) is 0 Å². The third-order valence-corrected chi connectivity index (χ3v) is 3.67. The van der Waals surface area contributed by atoms with Gasteiger partial charge in [-0.05, 0) is 42.8 Å². The highest BCUT2D eigenvalue weighted by atomic mass is 79.9. The molecule has 0 atom stereocenters. The number of carbonyl (C=O) groups excluding carboxylic acids is 1. The number of halogens is 1. The van der Waals surface area contributed by atoms with E-state index in [0.29, 0.717) is 21.9 Å². The zero-order valence-corrected chi connectivity index (χ0v) is 13.6. The number of nitrogens with one attached hydrogen (secondary N) is 1. The van der Waals surface area contributed by atoms with Gasteiger partial charge in [-0.15, -0.1) is 12.6 Å². The van der Waals surface area contributed by atoms with Gasteiger partial charge in [-0.1, -0.05) is 22.0 Å². The maximum Gasteiger partial charge on any atom is 0.256 e. The zero-order chi connectivity index (χ0) is 14.7. The Balaban J connectivity index is 2.30. The van der Waals surface area contributed by atoms with Gasteiger partial charge < -0.3 is 10.1 Å². The molecule has 0 fully saturated rings. The summed E-state index contributed by atoms with van der Waals surface area (Å²) in [6.07, 6.45) is 0. The summed E-state index contributed by atoms with van der Waals surface area (Å²) in [5.41, 5.74) is 2.20. The van der Waals surface area contributed by atoms with E-state index >= 15 is 0 Å². The van der Waals surface area contributed by atoms with Crippen molar-refractivity contribution in [1.82, 2.24) is 0 Å². The molecular formula is C15H14BrNO2S. The van der Waals surface area contributed by atoms with Gasteiger partial charge in [-0.3, -0.25) is 4.79 Å². The molecule has 0 bridgehead atoms. The van der Waals surface area contributed by atoms with Gasteiger partial charge in [0.2, 0.25) is 0 Å². The fourth-order valence-electron chi connectivity index (χ4n) is 1.81. The smallest absolute Gasteiger partial charge is 0.256 e. The van der Waals surface area contributed by atoms with E-state index < -0.39 is 0 Å². The highest BCUT2D eigenvalue weighted by Crippen LogP contribution is 2.27. The molecule has 0 aliphatic carbocycles. The lowest BCUT2D eigenvalue weighted by Crippen LogP contribution is -2.13. The number of amides is 1. The van der Waals surface area contributed by atoms with Gasteiger partial charge in [-0.25, -0.2) is 0 Å². The Labute approximate surface area is 131 Å². The quantitative estimate of drug-likeness (QED) is 0.808. The lowest BCUT2D eigenvalue weighted by atomic mass is 10.1. The molecule has 0 aliphatic heterocycles. The minimum Gasteiger partial charge on any atom is -0.495 e. The molecule has 104 valence electrons. The minimum absolute atomic E-state index is 0.216. The number of anilines is 1. The average Bonchev–Trinajstić information content (AvgIpc) is 2.38. The average molecular weight is 352 g/mol. The molecular weight excluding hydrogens is 338 g/mol. The second-order valence-corrected chi connectivity index (χ2v) is 5.72. The fourth-order valence-corrected chi connectivity index (χ4v) is 2.66. The molecule has 20 heavy (non-hydrogen) atoms. The Hall–Kier alpha value is -1.46. The number of hydrogen-bond donors (Lipinski definition) is 2. The van der Waals surface area contributed by atoms with Crippen molar-refractivity contribution in [3.63, 3.8) is 0 Å². The predicted molar refractivity (Wildman–Crippen MR) is 87.1 cm³/mol. The molecule has 5 heteroatoms. The van der Waals surface area contributed by atoms with Crippen molar-refractivity contribution < 1.29 is 9.53 Å². The van der Waals surface area contributed by atoms with Gasteiger partial charge in [0, 0.05) is 9.37 Å². The van der Waals surface area contributed by atoms with Crippen molar-refractivity contribution >= 4 is 40.2 Å². The summed E-state index contributed by atoms with van der Waals surface area (Å²) in [4.78, 5) is 12.9. The van der Waals surface area contributed by atoms with Gasteiger partial charge in [0.05, 0.1) is 18.4 Å². The van der Waals surface area contributed by atoms with Crippen LogP contribution in [0.3, 0.4) is 0 Å². The third-order valence-electron chi connectivity index (χ3n) is 2.81. The van der Waals surface area contributed by atoms with Crippen molar-refractivity contribution in [1.29, 1.82) is 0 Å². The summed E-state index contributed by atoms with van der Waals surface area (Å²) in [5, 5.41) is 2.85. The molecule has 0 unspecified atom stereocenters. The number of ether oxygens (including phenoxy) is 1. The van der Waals surface area contributed by atoms with Gasteiger partial charge in [0.1, 0.15) is 5.75 Å². The maximum absolute atomic E-state index is 12.3. The second-order valence-electron chi connectivity index (χ2n) is 4.32. The Morgan fingerprint density at radius 3 is 2.65 bits per heavy atom. The molecule has 0 heterocycles. The van der Waals surface area contributed by atoms with Crippen molar-refractivity contribution in [2.75, 3.05) is 12.4 Å². The summed E-state index contributed by atoms with van der Waals surface area (Å²) in [5.74, 6) is 0.410. The van der Waals surface area contributed by atoms with Crippen molar-refractivity contribution in [3.05, 3.63) is 52.0 Å². The molecule has 2 aromatic carbocycles. The van der Waals surface area contributed by atoms with Crippen LogP contribution in [0.15, 0.2) is 45.8 Å². The lowest BCUT2D eigenvalue weighted by Gasteiger charge is -2.12. The summed E-state index contributed by atoms with van der Waals surface area (Å²) in [7, 11) is 1.57. The first kappa shape index (κ1) is 14.9. The van der Waals surface area contributed by atoms with Crippen LogP contribution in [0.4, 0.5) is 5.69 Å². The van der Waals surface area contributed by atoms with E-state index in [0.717, 1.165) is 10.0 Å². The molecule has 0 aliphatic rings. The van der Waals surface area contributed by atoms with Gasteiger partial charge in [0.25, 0.3) is 5.91 Å². The predicted octanol–water partition coefficient (Wildman–Crippen LogP) is 4.31. The van der Waals surface area contributed by atoms with Crippen LogP contribution in [0.1, 0.15) is 15.9 Å². The molecule has 1 amide bonds. The Bertz CT molecular complexity index is 658. The van der Waals surface area contributed by atoms with E-state index in [1.165, 1.54) is 0 Å². The van der Waals surface area contributed by atoms with Crippen LogP contribution >= 0.6 is 28.6 Å². The first-order valence-corrected chi connectivity index (χ1v) is 7.20. The van der Waals surface area contributed by atoms with E-state index in [9.17, 15) is 4.79 Å². The molecule has 0 radical (unpaired) electrons. The molecule has 1 N–H and O–H groups in total. The highest BCUT2D eigenvalue weighted by Gasteiger charge is 2.12. The second kappa shape index (κ2) is 6.33. The number of hydrogen-bond acceptors (Lipinski definition) is 3. The van der Waals surface area contributed by atoms with Gasteiger partial charge in [0.15, 0.2) is 0 Å². The van der Waals surface area contributed by atoms with Crippen LogP contribution in [0.5, 0.6) is 5.75 Å². The third kappa shape index (κ3) is 3.35. The van der Waals surface area contributed by atoms with E-state index in [-0.39, 0.29) is 5.91 Å². The van der Waals surface area contributed by atoms with Crippen molar-refractivity contribution in [2.24, 2.45) is 0 Å². The monoisotopic (exact) mass is 351 g/mol. The molecule has 2 rings (SSSR count). The molecule has 0 saturated heterocycles. The molecule has 3 nitrogen and oxygen atoms in total. The van der Waals surface area contributed by atoms with Gasteiger partial charge in [-0.2, -0.15) is 0 Å². The summed E-state index contributed by atoms with van der Waals surface area (Å²) in [6.45, 7) is 1.96. The zero-order valence-electron chi connectivity index (χ0n) is 11.1. The normalized spacial score (nSPS) is 10.2. The first-order valence-electron chi connectivity index (χ1n) is 5.96. The molecule has 0 saturated carbocycles. The van der Waals surface area contributed by atoms with E-state index in [2.05, 4.69) is 33.9 Å². The van der Waals surface area contributed by atoms with Crippen LogP contribution in [0, 0.1) is 6.92 Å². The Morgan fingerprint density at radius 1 is 1.25 bits per heavy atom. The number of carbonyl (C=O) groups is 1. The molecule has 2 aromatic rings. The highest BCUT2D eigenvalue weighted by molar-refractivity contribution is 9.10. The van der Waals surface area contributed by atoms with E-state index in [4.69, 9.17) is 4.74 Å². The Morgan fingerprint density at radius 2 is 2.00 bits per heavy atom. The maximum atomic E-state index is 12.3. The Kier molecular flexibility index (Phi) is 4.73. The number of benzene rings is 2. The van der Waals surface area contributed by atoms with Crippen LogP contribution < -0.4 is 10.1 Å². The fraction of sp³-hybridized carbons (Fsp3) is 0.133. The lowest BCUT2D eigenvalue weighted by molar-refractivity contribution is 0.102. The standard InChI is InChI=1S/C15H14BrNO2S/c1-9-3-6-13(19-2)12(7-9)17-15(18)11-5-4-10(16)8-14(11)20/h3-8,20H,1-2H3,(H,17,18). The number of rotatable bonds is 3. The summed E-state index contributed by atoms with van der Waals surface area (Å²) < 4.78 is 6.13. The largest absolute Gasteiger partial charge is 0.495 e. The van der Waals surface area contributed by atoms with Crippen molar-refractivity contribution in [3.8, 4) is 5.75 Å². The molecule has 0 aromatic heterocycles. The van der Waals surface area contributed by atoms with Crippen LogP contribution in [-0.4, -0.2) is 13.0 Å². The van der Waals surface area contributed by atoms with E-state index in [1.807, 2.05) is 31.2 Å². The minimum atomic E-state index is -0.216. The van der Waals surface area contributed by atoms with Gasteiger partial charge >= 0.3 is 0 Å². The number of methoxy groups -OCH3 is 1. The van der Waals surface area contributed by atoms with Crippen LogP contribution in [0.2, 0.25) is 0 Å². The topological polar surface area (TPSA) is 38.3 Å². The van der Waals surface area contributed by atoms with Crippen LogP contribution in [-0.2, 0) is 0 Å². The number of thiol groups is 1. The first-order chi connectivity index (χ1) is 9.51. The summed E-state index contributed by atoms with van der Waals surface area (Å²) >= 11 is 7.66. The van der Waals surface area contributed by atoms with E-state index in [1.54, 1.807) is 19.2 Å². The molecule has 0 spiro atoms. The number of aryl methyl sites for hydroxylation is 1. The SMILES string of the molecule is COc1ccc(C)cc1NC(=O)c1ccc(Br)cc1S. The summed E-state index contributed by atoms with van der Waals surface area (Å²) in [6, 6.07) is 10.9. The van der Waals surface area contributed by atoms with Crippen molar-refractivity contribution in [2.45, 2.75) is 11.8 Å².